The number of rotatable bonds is 2. The van der Waals surface area contributed by atoms with E-state index in [1.54, 1.807) is 20.8 Å². The Balaban J connectivity index is 2.89. The molecular weight excluding hydrogens is 262 g/mol. The lowest BCUT2D eigenvalue weighted by Crippen LogP contribution is -2.51. The average molecular weight is 279 g/mol. The Morgan fingerprint density at radius 1 is 1.47 bits per heavy atom. The third-order valence-electron chi connectivity index (χ3n) is 2.43. The molecule has 1 unspecified atom stereocenters. The molecule has 1 heterocycles. The molecule has 0 radical (unpaired) electrons. The SMILES string of the molecule is CC(C)(C)OC(=O)N1CCCC1(SS)C(=O)O. The molecule has 0 aromatic rings. The number of thiol groups is 1. The Kier molecular flexibility index (Phi) is 4.24. The first-order valence-corrected chi connectivity index (χ1v) is 7.16. The number of carboxylic acid groups (broad SMARTS) is 1. The van der Waals surface area contributed by atoms with Crippen LogP contribution in [0.15, 0.2) is 0 Å². The van der Waals surface area contributed by atoms with Gasteiger partial charge >= 0.3 is 12.1 Å². The van der Waals surface area contributed by atoms with E-state index in [9.17, 15) is 14.7 Å². The molecule has 0 bridgehead atoms. The quantitative estimate of drug-likeness (QED) is 0.600. The van der Waals surface area contributed by atoms with Gasteiger partial charge in [-0.2, -0.15) is 0 Å². The van der Waals surface area contributed by atoms with E-state index in [0.29, 0.717) is 19.4 Å². The summed E-state index contributed by atoms with van der Waals surface area (Å²) in [4.78, 5) is 23.2. The first kappa shape index (κ1) is 14.5. The van der Waals surface area contributed by atoms with E-state index in [2.05, 4.69) is 11.7 Å². The van der Waals surface area contributed by atoms with Crippen molar-refractivity contribution in [1.29, 1.82) is 0 Å². The Bertz CT molecular complexity index is 329. The fourth-order valence-corrected chi connectivity index (χ4v) is 3.09. The normalized spacial score (nSPS) is 24.8. The second-order valence-corrected chi connectivity index (χ2v) is 6.32. The molecule has 1 rings (SSSR count). The second kappa shape index (κ2) is 4.97. The molecule has 7 heteroatoms. The lowest BCUT2D eigenvalue weighted by Gasteiger charge is -2.33. The van der Waals surface area contributed by atoms with Crippen molar-refractivity contribution >= 4 is 34.5 Å². The van der Waals surface area contributed by atoms with E-state index in [1.807, 2.05) is 0 Å². The lowest BCUT2D eigenvalue weighted by atomic mass is 10.2. The van der Waals surface area contributed by atoms with Gasteiger partial charge in [0, 0.05) is 6.54 Å². The van der Waals surface area contributed by atoms with E-state index in [1.165, 1.54) is 4.90 Å². The first-order chi connectivity index (χ1) is 7.73. The van der Waals surface area contributed by atoms with Gasteiger partial charge in [-0.15, -0.1) is 11.7 Å². The fraction of sp³-hybridized carbons (Fsp3) is 0.800. The van der Waals surface area contributed by atoms with Gasteiger partial charge in [0.05, 0.1) is 0 Å². The van der Waals surface area contributed by atoms with Crippen LogP contribution < -0.4 is 0 Å². The highest BCUT2D eigenvalue weighted by molar-refractivity contribution is 8.69. The van der Waals surface area contributed by atoms with Gasteiger partial charge in [-0.25, -0.2) is 9.59 Å². The first-order valence-electron chi connectivity index (χ1n) is 5.29. The molecule has 1 saturated heterocycles. The van der Waals surface area contributed by atoms with Crippen molar-refractivity contribution in [3.63, 3.8) is 0 Å². The summed E-state index contributed by atoms with van der Waals surface area (Å²) in [5.74, 6) is -1.05. The summed E-state index contributed by atoms with van der Waals surface area (Å²) < 4.78 is 5.21. The largest absolute Gasteiger partial charge is 0.479 e. The molecule has 1 atom stereocenters. The Hall–Kier alpha value is -0.560. The smallest absolute Gasteiger partial charge is 0.411 e. The zero-order chi connectivity index (χ0) is 13.3. The third-order valence-corrected chi connectivity index (χ3v) is 4.24. The summed E-state index contributed by atoms with van der Waals surface area (Å²) in [7, 11) is 0.870. The van der Waals surface area contributed by atoms with E-state index >= 15 is 0 Å². The van der Waals surface area contributed by atoms with Crippen LogP contribution in [-0.4, -0.2) is 39.1 Å². The van der Waals surface area contributed by atoms with Gasteiger partial charge in [0.1, 0.15) is 5.60 Å². The van der Waals surface area contributed by atoms with Crippen LogP contribution in [0.4, 0.5) is 4.79 Å². The van der Waals surface area contributed by atoms with Gasteiger partial charge in [-0.05, 0) is 33.6 Å². The zero-order valence-electron chi connectivity index (χ0n) is 10.1. The minimum Gasteiger partial charge on any atom is -0.479 e. The molecular formula is C10H17NO4S2. The van der Waals surface area contributed by atoms with Crippen molar-refractivity contribution in [3.05, 3.63) is 0 Å². The maximum absolute atomic E-state index is 11.9. The van der Waals surface area contributed by atoms with Gasteiger partial charge in [0.2, 0.25) is 0 Å². The summed E-state index contributed by atoms with van der Waals surface area (Å²) >= 11 is 3.99. The van der Waals surface area contributed by atoms with Crippen molar-refractivity contribution in [1.82, 2.24) is 4.90 Å². The molecule has 0 aromatic carbocycles. The number of aliphatic carboxylic acids is 1. The second-order valence-electron chi connectivity index (χ2n) is 4.92. The topological polar surface area (TPSA) is 66.8 Å². The summed E-state index contributed by atoms with van der Waals surface area (Å²) in [5, 5.41) is 9.26. The molecule has 5 nitrogen and oxygen atoms in total. The predicted octanol–water partition coefficient (Wildman–Crippen LogP) is 2.38. The van der Waals surface area contributed by atoms with E-state index in [4.69, 9.17) is 4.74 Å². The number of amides is 1. The molecule has 1 aliphatic rings. The number of hydrogen-bond donors (Lipinski definition) is 2. The monoisotopic (exact) mass is 279 g/mol. The molecule has 0 aromatic heterocycles. The van der Waals surface area contributed by atoms with E-state index < -0.39 is 22.5 Å². The summed E-state index contributed by atoms with van der Waals surface area (Å²) in [5.41, 5.74) is -0.634. The number of nitrogens with zero attached hydrogens (tertiary/aromatic N) is 1. The Morgan fingerprint density at radius 2 is 2.06 bits per heavy atom. The number of carbonyl (C=O) groups is 2. The molecule has 1 amide bonds. The minimum absolute atomic E-state index is 0.384. The molecule has 1 fully saturated rings. The van der Waals surface area contributed by atoms with E-state index in [-0.39, 0.29) is 0 Å². The molecule has 98 valence electrons. The van der Waals surface area contributed by atoms with Crippen molar-refractivity contribution in [3.8, 4) is 0 Å². The minimum atomic E-state index is -1.30. The molecule has 1 N–H and O–H groups in total. The third kappa shape index (κ3) is 3.01. The fourth-order valence-electron chi connectivity index (χ4n) is 1.70. The lowest BCUT2D eigenvalue weighted by molar-refractivity contribution is -0.143. The number of likely N-dealkylation sites (tertiary alicyclic amines) is 1. The van der Waals surface area contributed by atoms with Crippen LogP contribution in [0.2, 0.25) is 0 Å². The summed E-state index contributed by atoms with van der Waals surface area (Å²) in [6.07, 6.45) is 0.424. The predicted molar refractivity (Wildman–Crippen MR) is 69.1 cm³/mol. The average Bonchev–Trinajstić information content (AvgIpc) is 2.59. The Morgan fingerprint density at radius 3 is 2.47 bits per heavy atom. The van der Waals surface area contributed by atoms with Gasteiger partial charge in [-0.3, -0.25) is 4.90 Å². The number of ether oxygens (including phenoxy) is 1. The van der Waals surface area contributed by atoms with Crippen LogP contribution in [0.3, 0.4) is 0 Å². The Labute approximate surface area is 110 Å². The maximum atomic E-state index is 11.9. The van der Waals surface area contributed by atoms with Crippen LogP contribution >= 0.6 is 22.5 Å². The van der Waals surface area contributed by atoms with Crippen molar-refractivity contribution < 1.29 is 19.4 Å². The van der Waals surface area contributed by atoms with Gasteiger partial charge in [0.25, 0.3) is 0 Å². The van der Waals surface area contributed by atoms with Gasteiger partial charge in [-0.1, -0.05) is 10.8 Å². The molecule has 0 aliphatic carbocycles. The van der Waals surface area contributed by atoms with Crippen LogP contribution in [0.5, 0.6) is 0 Å². The van der Waals surface area contributed by atoms with Crippen molar-refractivity contribution in [2.75, 3.05) is 6.54 Å². The van der Waals surface area contributed by atoms with Crippen LogP contribution in [0.1, 0.15) is 33.6 Å². The highest BCUT2D eigenvalue weighted by atomic mass is 33.1. The number of carboxylic acids is 1. The standard InChI is InChI=1S/C10H17NO4S2/c1-9(2,3)15-8(14)11-6-4-5-10(11,17-16)7(12)13/h16H,4-6H2,1-3H3,(H,12,13). The molecule has 0 spiro atoms. The van der Waals surface area contributed by atoms with Crippen molar-refractivity contribution in [2.45, 2.75) is 44.1 Å². The number of hydrogen-bond acceptors (Lipinski definition) is 5. The molecule has 17 heavy (non-hydrogen) atoms. The molecule has 1 aliphatic heterocycles. The van der Waals surface area contributed by atoms with Gasteiger partial charge in [0.15, 0.2) is 4.87 Å². The van der Waals surface area contributed by atoms with Crippen LogP contribution in [0.25, 0.3) is 0 Å². The maximum Gasteiger partial charge on any atom is 0.411 e. The number of carbonyl (C=O) groups excluding carboxylic acids is 1. The van der Waals surface area contributed by atoms with Gasteiger partial charge < -0.3 is 9.84 Å². The zero-order valence-corrected chi connectivity index (χ0v) is 11.8. The summed E-state index contributed by atoms with van der Waals surface area (Å²) in [6, 6.07) is 0. The highest BCUT2D eigenvalue weighted by Crippen LogP contribution is 2.42. The van der Waals surface area contributed by atoms with Crippen LogP contribution in [-0.2, 0) is 9.53 Å². The molecule has 0 saturated carbocycles. The van der Waals surface area contributed by atoms with E-state index in [0.717, 1.165) is 10.8 Å². The summed E-state index contributed by atoms with van der Waals surface area (Å²) in [6.45, 7) is 5.63. The van der Waals surface area contributed by atoms with Crippen LogP contribution in [0, 0.1) is 0 Å². The van der Waals surface area contributed by atoms with Crippen molar-refractivity contribution in [2.24, 2.45) is 0 Å². The highest BCUT2D eigenvalue weighted by Gasteiger charge is 2.51.